The normalized spacial score (nSPS) is 10.8. The Balaban J connectivity index is 2.78. The van der Waals surface area contributed by atoms with Crippen molar-refractivity contribution in [1.82, 2.24) is 14.6 Å². The van der Waals surface area contributed by atoms with Crippen LogP contribution < -0.4 is 0 Å². The van der Waals surface area contributed by atoms with Gasteiger partial charge in [0.2, 0.25) is 4.96 Å². The summed E-state index contributed by atoms with van der Waals surface area (Å²) in [6.07, 6.45) is 1.62. The summed E-state index contributed by atoms with van der Waals surface area (Å²) in [6.45, 7) is 3.45. The second kappa shape index (κ2) is 2.38. The number of Topliss-reactive ketones (excluding diaryl/α,β-unsaturated/α-hetero) is 1. The molecule has 0 saturated heterocycles. The fraction of sp³-hybridized carbons (Fsp3) is 0.286. The van der Waals surface area contributed by atoms with Gasteiger partial charge in [-0.25, -0.2) is 0 Å². The molecule has 0 amide bonds. The number of thiazole rings is 1. The molecule has 2 heterocycles. The van der Waals surface area contributed by atoms with Gasteiger partial charge in [-0.05, 0) is 6.92 Å². The van der Waals surface area contributed by atoms with Gasteiger partial charge < -0.3 is 0 Å². The summed E-state index contributed by atoms with van der Waals surface area (Å²) in [5, 5.41) is 7.60. The first kappa shape index (κ1) is 7.42. The van der Waals surface area contributed by atoms with Crippen molar-refractivity contribution in [3.05, 3.63) is 16.9 Å². The summed E-state index contributed by atoms with van der Waals surface area (Å²) >= 11 is 1.38. The van der Waals surface area contributed by atoms with Gasteiger partial charge in [-0.3, -0.25) is 9.20 Å². The first-order valence-corrected chi connectivity index (χ1v) is 4.32. The number of aromatic nitrogens is 3. The minimum absolute atomic E-state index is 0.0861. The summed E-state index contributed by atoms with van der Waals surface area (Å²) in [6, 6.07) is 0. The maximum absolute atomic E-state index is 11.1. The molecule has 0 atom stereocenters. The highest BCUT2D eigenvalue weighted by atomic mass is 32.1. The van der Waals surface area contributed by atoms with Gasteiger partial charge in [0.15, 0.2) is 5.78 Å². The lowest BCUT2D eigenvalue weighted by Gasteiger charge is -1.89. The lowest BCUT2D eigenvalue weighted by Crippen LogP contribution is -1.92. The topological polar surface area (TPSA) is 47.3 Å². The molecule has 0 saturated carbocycles. The Morgan fingerprint density at radius 1 is 1.67 bits per heavy atom. The van der Waals surface area contributed by atoms with Gasteiger partial charge in [-0.1, -0.05) is 11.3 Å². The van der Waals surface area contributed by atoms with Crippen molar-refractivity contribution in [3.8, 4) is 0 Å². The Labute approximate surface area is 72.9 Å². The number of nitrogens with zero attached hydrogens (tertiary/aromatic N) is 3. The molecule has 0 bridgehead atoms. The Kier molecular flexibility index (Phi) is 1.47. The number of ketones is 1. The second-order valence-corrected chi connectivity index (χ2v) is 3.53. The monoisotopic (exact) mass is 181 g/mol. The van der Waals surface area contributed by atoms with E-state index in [1.54, 1.807) is 13.3 Å². The van der Waals surface area contributed by atoms with Gasteiger partial charge >= 0.3 is 0 Å². The Bertz CT molecular complexity index is 442. The minimum atomic E-state index is 0.0861. The minimum Gasteiger partial charge on any atom is -0.294 e. The van der Waals surface area contributed by atoms with Crippen molar-refractivity contribution < 1.29 is 4.79 Å². The number of rotatable bonds is 1. The largest absolute Gasteiger partial charge is 0.294 e. The third kappa shape index (κ3) is 0.863. The van der Waals surface area contributed by atoms with Crippen LogP contribution in [-0.4, -0.2) is 20.4 Å². The maximum Gasteiger partial charge on any atom is 0.216 e. The summed E-state index contributed by atoms with van der Waals surface area (Å²) < 4.78 is 1.82. The molecule has 2 aromatic rings. The number of hydrogen-bond donors (Lipinski definition) is 0. The Hall–Kier alpha value is -1.23. The molecule has 2 aromatic heterocycles. The molecule has 0 spiro atoms. The fourth-order valence-electron chi connectivity index (χ4n) is 1.13. The average molecular weight is 181 g/mol. The van der Waals surface area contributed by atoms with Crippen LogP contribution in [0.25, 0.3) is 4.96 Å². The average Bonchev–Trinajstić information content (AvgIpc) is 2.53. The molecular formula is C7H7N3OS. The van der Waals surface area contributed by atoms with E-state index < -0.39 is 0 Å². The zero-order chi connectivity index (χ0) is 8.72. The van der Waals surface area contributed by atoms with Crippen LogP contribution in [0.1, 0.15) is 22.3 Å². The zero-order valence-electron chi connectivity index (χ0n) is 6.74. The van der Waals surface area contributed by atoms with Crippen molar-refractivity contribution in [1.29, 1.82) is 0 Å². The molecule has 0 aliphatic rings. The Morgan fingerprint density at radius 2 is 2.42 bits per heavy atom. The molecule has 62 valence electrons. The standard InChI is InChI=1S/C7H7N3OS/c1-4-6(5(2)11)12-7-9-8-3-10(4)7/h3H,1-2H3. The molecule has 0 fully saturated rings. The quantitative estimate of drug-likeness (QED) is 0.623. The predicted octanol–water partition coefficient (Wildman–Crippen LogP) is 1.30. The molecule has 0 radical (unpaired) electrons. The third-order valence-electron chi connectivity index (χ3n) is 1.72. The fourth-order valence-corrected chi connectivity index (χ4v) is 2.07. The van der Waals surface area contributed by atoms with Crippen molar-refractivity contribution in [2.45, 2.75) is 13.8 Å². The van der Waals surface area contributed by atoms with E-state index >= 15 is 0 Å². The van der Waals surface area contributed by atoms with E-state index in [2.05, 4.69) is 10.2 Å². The molecule has 0 aromatic carbocycles. The summed E-state index contributed by atoms with van der Waals surface area (Å²) in [5.41, 5.74) is 0.924. The van der Waals surface area contributed by atoms with Crippen molar-refractivity contribution >= 4 is 22.1 Å². The van der Waals surface area contributed by atoms with Gasteiger partial charge in [0.05, 0.1) is 4.88 Å². The molecular weight excluding hydrogens is 174 g/mol. The van der Waals surface area contributed by atoms with E-state index in [0.29, 0.717) is 0 Å². The van der Waals surface area contributed by atoms with Gasteiger partial charge in [-0.15, -0.1) is 10.2 Å². The van der Waals surface area contributed by atoms with E-state index in [4.69, 9.17) is 0 Å². The van der Waals surface area contributed by atoms with Crippen LogP contribution in [0.15, 0.2) is 6.33 Å². The van der Waals surface area contributed by atoms with Crippen molar-refractivity contribution in [3.63, 3.8) is 0 Å². The highest BCUT2D eigenvalue weighted by molar-refractivity contribution is 7.19. The number of carbonyl (C=O) groups excluding carboxylic acids is 1. The van der Waals surface area contributed by atoms with E-state index in [1.807, 2.05) is 11.3 Å². The lowest BCUT2D eigenvalue weighted by atomic mass is 10.3. The predicted molar refractivity (Wildman–Crippen MR) is 45.6 cm³/mol. The van der Waals surface area contributed by atoms with Crippen LogP contribution in [0.5, 0.6) is 0 Å². The highest BCUT2D eigenvalue weighted by Crippen LogP contribution is 2.20. The molecule has 0 N–H and O–H groups in total. The smallest absolute Gasteiger partial charge is 0.216 e. The number of hydrogen-bond acceptors (Lipinski definition) is 4. The van der Waals surface area contributed by atoms with Crippen LogP contribution in [0, 0.1) is 6.92 Å². The van der Waals surface area contributed by atoms with E-state index in [1.165, 1.54) is 11.3 Å². The van der Waals surface area contributed by atoms with Gasteiger partial charge in [0.25, 0.3) is 0 Å². The van der Waals surface area contributed by atoms with Crippen LogP contribution >= 0.6 is 11.3 Å². The lowest BCUT2D eigenvalue weighted by molar-refractivity contribution is 0.102. The van der Waals surface area contributed by atoms with Gasteiger partial charge in [0.1, 0.15) is 6.33 Å². The zero-order valence-corrected chi connectivity index (χ0v) is 7.55. The van der Waals surface area contributed by atoms with E-state index in [0.717, 1.165) is 15.5 Å². The maximum atomic E-state index is 11.1. The van der Waals surface area contributed by atoms with Crippen LogP contribution in [0.4, 0.5) is 0 Å². The molecule has 2 rings (SSSR count). The van der Waals surface area contributed by atoms with Gasteiger partial charge in [-0.2, -0.15) is 0 Å². The van der Waals surface area contributed by atoms with Crippen LogP contribution in [0.3, 0.4) is 0 Å². The molecule has 4 nitrogen and oxygen atoms in total. The highest BCUT2D eigenvalue weighted by Gasteiger charge is 2.12. The molecule has 12 heavy (non-hydrogen) atoms. The molecule has 0 aliphatic heterocycles. The summed E-state index contributed by atoms with van der Waals surface area (Å²) in [4.78, 5) is 12.6. The second-order valence-electron chi connectivity index (χ2n) is 2.56. The number of carbonyl (C=O) groups is 1. The Morgan fingerprint density at radius 3 is 3.00 bits per heavy atom. The molecule has 0 unspecified atom stereocenters. The van der Waals surface area contributed by atoms with E-state index in [9.17, 15) is 4.79 Å². The van der Waals surface area contributed by atoms with E-state index in [-0.39, 0.29) is 5.78 Å². The number of fused-ring (bicyclic) bond motifs is 1. The summed E-state index contributed by atoms with van der Waals surface area (Å²) in [5.74, 6) is 0.0861. The first-order chi connectivity index (χ1) is 5.70. The molecule has 0 aliphatic carbocycles. The van der Waals surface area contributed by atoms with Crippen molar-refractivity contribution in [2.75, 3.05) is 0 Å². The van der Waals surface area contributed by atoms with Gasteiger partial charge in [0, 0.05) is 12.6 Å². The third-order valence-corrected chi connectivity index (χ3v) is 2.97. The summed E-state index contributed by atoms with van der Waals surface area (Å²) in [7, 11) is 0. The van der Waals surface area contributed by atoms with Crippen molar-refractivity contribution in [2.24, 2.45) is 0 Å². The van der Waals surface area contributed by atoms with Crippen LogP contribution in [-0.2, 0) is 0 Å². The first-order valence-electron chi connectivity index (χ1n) is 3.50. The SMILES string of the molecule is CC(=O)c1sc2nncn2c1C. The van der Waals surface area contributed by atoms with Crippen LogP contribution in [0.2, 0.25) is 0 Å². The number of aryl methyl sites for hydroxylation is 1. The molecule has 5 heteroatoms.